The monoisotopic (exact) mass is 279 g/mol. The molecule has 2 rings (SSSR count). The fraction of sp³-hybridized carbons (Fsp3) is 0.467. The predicted octanol–water partition coefficient (Wildman–Crippen LogP) is 3.19. The minimum Gasteiger partial charge on any atom is -0.312 e. The molecule has 0 saturated carbocycles. The maximum absolute atomic E-state index is 12.0. The van der Waals surface area contributed by atoms with E-state index in [2.05, 4.69) is 0 Å². The van der Waals surface area contributed by atoms with Crippen LogP contribution in [0.2, 0.25) is 0 Å². The number of amides is 1. The minimum absolute atomic E-state index is 0.0345. The van der Waals surface area contributed by atoms with Crippen molar-refractivity contribution in [3.63, 3.8) is 0 Å². The van der Waals surface area contributed by atoms with Crippen molar-refractivity contribution in [2.75, 3.05) is 17.3 Å². The molecule has 0 fully saturated rings. The second-order valence-corrected chi connectivity index (χ2v) is 5.09. The third-order valence-corrected chi connectivity index (χ3v) is 3.64. The summed E-state index contributed by atoms with van der Waals surface area (Å²) in [4.78, 5) is 25.6. The molecule has 0 spiro atoms. The number of Topliss-reactive ketones (excluding diaryl/α,β-unsaturated/α-hetero) is 1. The van der Waals surface area contributed by atoms with Crippen molar-refractivity contribution in [2.45, 2.75) is 32.6 Å². The second kappa shape index (κ2) is 6.20. The van der Waals surface area contributed by atoms with Gasteiger partial charge in [0, 0.05) is 36.5 Å². The van der Waals surface area contributed by atoms with Gasteiger partial charge < -0.3 is 4.90 Å². The molecule has 1 aliphatic rings. The Hall–Kier alpha value is -1.35. The van der Waals surface area contributed by atoms with E-state index in [1.165, 1.54) is 0 Å². The lowest BCUT2D eigenvalue weighted by molar-refractivity contribution is -0.118. The first kappa shape index (κ1) is 14.1. The van der Waals surface area contributed by atoms with Gasteiger partial charge >= 0.3 is 0 Å². The summed E-state index contributed by atoms with van der Waals surface area (Å²) in [5.74, 6) is 0.475. The number of anilines is 1. The number of aryl methyl sites for hydroxylation is 1. The molecule has 4 heteroatoms. The van der Waals surface area contributed by atoms with Crippen LogP contribution in [-0.2, 0) is 11.2 Å². The number of carbonyl (C=O) groups is 2. The molecule has 1 aromatic carbocycles. The maximum atomic E-state index is 12.0. The first-order chi connectivity index (χ1) is 9.17. The molecule has 1 heterocycles. The predicted molar refractivity (Wildman–Crippen MR) is 77.1 cm³/mol. The van der Waals surface area contributed by atoms with Gasteiger partial charge in [0.2, 0.25) is 5.91 Å². The number of hydrogen-bond donors (Lipinski definition) is 0. The van der Waals surface area contributed by atoms with Crippen LogP contribution in [0.1, 0.15) is 42.1 Å². The Balaban J connectivity index is 2.35. The van der Waals surface area contributed by atoms with Crippen LogP contribution in [0.25, 0.3) is 0 Å². The van der Waals surface area contributed by atoms with Crippen LogP contribution in [0.4, 0.5) is 5.69 Å². The number of rotatable bonds is 4. The molecule has 1 amide bonds. The largest absolute Gasteiger partial charge is 0.312 e. The summed E-state index contributed by atoms with van der Waals surface area (Å²) in [5.41, 5.74) is 2.70. The minimum atomic E-state index is 0.0345. The van der Waals surface area contributed by atoms with Crippen LogP contribution in [0.15, 0.2) is 18.2 Å². The summed E-state index contributed by atoms with van der Waals surface area (Å²) in [5, 5.41) is 0. The summed E-state index contributed by atoms with van der Waals surface area (Å²) in [6, 6.07) is 5.65. The zero-order valence-corrected chi connectivity index (χ0v) is 11.9. The highest BCUT2D eigenvalue weighted by Crippen LogP contribution is 2.29. The van der Waals surface area contributed by atoms with E-state index >= 15 is 0 Å². The van der Waals surface area contributed by atoms with Crippen molar-refractivity contribution >= 4 is 29.0 Å². The summed E-state index contributed by atoms with van der Waals surface area (Å²) in [7, 11) is 0. The van der Waals surface area contributed by atoms with Crippen LogP contribution in [0.3, 0.4) is 0 Å². The molecule has 0 atom stereocenters. The molecule has 1 aliphatic heterocycles. The molecule has 3 nitrogen and oxygen atoms in total. The average molecular weight is 280 g/mol. The Kier molecular flexibility index (Phi) is 4.59. The third kappa shape index (κ3) is 2.98. The molecular formula is C15H18ClNO2. The van der Waals surface area contributed by atoms with E-state index in [0.717, 1.165) is 30.6 Å². The smallest absolute Gasteiger partial charge is 0.226 e. The van der Waals surface area contributed by atoms with Gasteiger partial charge in [-0.3, -0.25) is 9.59 Å². The van der Waals surface area contributed by atoms with Crippen LogP contribution in [0.5, 0.6) is 0 Å². The molecule has 1 aromatic rings. The van der Waals surface area contributed by atoms with Crippen molar-refractivity contribution in [2.24, 2.45) is 0 Å². The lowest BCUT2D eigenvalue weighted by Crippen LogP contribution is -2.35. The highest BCUT2D eigenvalue weighted by atomic mass is 35.5. The number of hydrogen-bond acceptors (Lipinski definition) is 2. The number of ketones is 1. The summed E-state index contributed by atoms with van der Waals surface area (Å²) in [6.07, 6.45) is 2.77. The van der Waals surface area contributed by atoms with E-state index < -0.39 is 0 Å². The second-order valence-electron chi connectivity index (χ2n) is 4.71. The van der Waals surface area contributed by atoms with Crippen molar-refractivity contribution in [1.29, 1.82) is 0 Å². The van der Waals surface area contributed by atoms with Crippen LogP contribution < -0.4 is 4.90 Å². The van der Waals surface area contributed by atoms with Gasteiger partial charge in [-0.2, -0.15) is 0 Å². The Morgan fingerprint density at radius 2 is 2.16 bits per heavy atom. The van der Waals surface area contributed by atoms with Gasteiger partial charge in [-0.15, -0.1) is 11.6 Å². The molecule has 0 radical (unpaired) electrons. The number of alkyl halides is 1. The number of carbonyl (C=O) groups excluding carboxylic acids is 2. The Bertz CT molecular complexity index is 499. The highest BCUT2D eigenvalue weighted by molar-refractivity contribution is 6.19. The lowest BCUT2D eigenvalue weighted by Gasteiger charge is -2.29. The molecule has 0 N–H and O–H groups in total. The van der Waals surface area contributed by atoms with E-state index in [-0.39, 0.29) is 11.7 Å². The van der Waals surface area contributed by atoms with Gasteiger partial charge in [-0.1, -0.05) is 19.1 Å². The van der Waals surface area contributed by atoms with E-state index in [0.29, 0.717) is 24.3 Å². The Morgan fingerprint density at radius 1 is 1.37 bits per heavy atom. The molecule has 0 aliphatic carbocycles. The quantitative estimate of drug-likeness (QED) is 0.627. The van der Waals surface area contributed by atoms with Gasteiger partial charge in [0.05, 0.1) is 0 Å². The molecule has 102 valence electrons. The van der Waals surface area contributed by atoms with Gasteiger partial charge in [-0.05, 0) is 24.5 Å². The van der Waals surface area contributed by atoms with Gasteiger partial charge in [0.15, 0.2) is 5.78 Å². The SMILES string of the molecule is CCC(=O)N1CCCc2ccc(C(=O)CCCl)cc21. The molecule has 19 heavy (non-hydrogen) atoms. The standard InChI is InChI=1S/C15H18ClNO2/c1-2-15(19)17-9-3-4-11-5-6-12(10-13(11)17)14(18)7-8-16/h5-6,10H,2-4,7-9H2,1H3. The molecule has 0 aromatic heterocycles. The molecular weight excluding hydrogens is 262 g/mol. The zero-order chi connectivity index (χ0) is 13.8. The first-order valence-corrected chi connectivity index (χ1v) is 7.23. The fourth-order valence-corrected chi connectivity index (χ4v) is 2.60. The molecule has 0 unspecified atom stereocenters. The summed E-state index contributed by atoms with van der Waals surface area (Å²) >= 11 is 5.61. The Labute approximate surface area is 118 Å². The fourth-order valence-electron chi connectivity index (χ4n) is 2.43. The number of halogens is 1. The Morgan fingerprint density at radius 3 is 2.84 bits per heavy atom. The zero-order valence-electron chi connectivity index (χ0n) is 11.1. The van der Waals surface area contributed by atoms with Gasteiger partial charge in [0.25, 0.3) is 0 Å². The summed E-state index contributed by atoms with van der Waals surface area (Å²) in [6.45, 7) is 2.60. The van der Waals surface area contributed by atoms with E-state index in [1.54, 1.807) is 4.90 Å². The van der Waals surface area contributed by atoms with Crippen LogP contribution >= 0.6 is 11.6 Å². The van der Waals surface area contributed by atoms with E-state index in [4.69, 9.17) is 11.6 Å². The van der Waals surface area contributed by atoms with Crippen LogP contribution in [-0.4, -0.2) is 24.1 Å². The first-order valence-electron chi connectivity index (χ1n) is 6.69. The molecule has 0 saturated heterocycles. The number of nitrogens with zero attached hydrogens (tertiary/aromatic N) is 1. The highest BCUT2D eigenvalue weighted by Gasteiger charge is 2.22. The third-order valence-electron chi connectivity index (χ3n) is 3.45. The maximum Gasteiger partial charge on any atom is 0.226 e. The van der Waals surface area contributed by atoms with Crippen molar-refractivity contribution in [3.05, 3.63) is 29.3 Å². The topological polar surface area (TPSA) is 37.4 Å². The van der Waals surface area contributed by atoms with E-state index in [9.17, 15) is 9.59 Å². The van der Waals surface area contributed by atoms with Crippen molar-refractivity contribution in [3.8, 4) is 0 Å². The van der Waals surface area contributed by atoms with Crippen LogP contribution in [0, 0.1) is 0 Å². The van der Waals surface area contributed by atoms with Crippen molar-refractivity contribution < 1.29 is 9.59 Å². The van der Waals surface area contributed by atoms with Gasteiger partial charge in [-0.25, -0.2) is 0 Å². The number of benzene rings is 1. The normalized spacial score (nSPS) is 14.1. The number of fused-ring (bicyclic) bond motifs is 1. The molecule has 0 bridgehead atoms. The lowest BCUT2D eigenvalue weighted by atomic mass is 9.97. The van der Waals surface area contributed by atoms with Crippen molar-refractivity contribution in [1.82, 2.24) is 0 Å². The average Bonchev–Trinajstić information content (AvgIpc) is 2.45. The van der Waals surface area contributed by atoms with E-state index in [1.807, 2.05) is 25.1 Å². The van der Waals surface area contributed by atoms with Gasteiger partial charge in [0.1, 0.15) is 0 Å². The summed E-state index contributed by atoms with van der Waals surface area (Å²) < 4.78 is 0.